The number of rotatable bonds is 7. The monoisotopic (exact) mass is 324 g/mol. The predicted octanol–water partition coefficient (Wildman–Crippen LogP) is 1.48. The molecular formula is C16H24N2O3S. The van der Waals surface area contributed by atoms with E-state index in [9.17, 15) is 14.7 Å². The molecule has 0 bridgehead atoms. The van der Waals surface area contributed by atoms with Gasteiger partial charge in [-0.1, -0.05) is 30.3 Å². The molecule has 0 unspecified atom stereocenters. The van der Waals surface area contributed by atoms with Gasteiger partial charge in [-0.3, -0.25) is 9.59 Å². The number of nitrogens with one attached hydrogen (secondary N) is 2. The Bertz CT molecular complexity index is 491. The molecule has 6 heteroatoms. The average Bonchev–Trinajstić information content (AvgIpc) is 2.51. The van der Waals surface area contributed by atoms with Crippen molar-refractivity contribution < 1.29 is 14.7 Å². The van der Waals surface area contributed by atoms with Gasteiger partial charge in [-0.15, -0.1) is 0 Å². The third kappa shape index (κ3) is 6.49. The maximum absolute atomic E-state index is 11.8. The van der Waals surface area contributed by atoms with Crippen LogP contribution in [0.4, 0.5) is 0 Å². The predicted molar refractivity (Wildman–Crippen MR) is 89.6 cm³/mol. The summed E-state index contributed by atoms with van der Waals surface area (Å²) in [5.74, 6) is -0.635. The van der Waals surface area contributed by atoms with E-state index >= 15 is 0 Å². The van der Waals surface area contributed by atoms with Gasteiger partial charge in [0.25, 0.3) is 0 Å². The van der Waals surface area contributed by atoms with Crippen LogP contribution in [0.25, 0.3) is 0 Å². The normalized spacial score (nSPS) is 14.7. The van der Waals surface area contributed by atoms with Crippen molar-refractivity contribution >= 4 is 23.6 Å². The summed E-state index contributed by atoms with van der Waals surface area (Å²) in [6.45, 7) is 3.52. The second kappa shape index (κ2) is 8.80. The Kier molecular flexibility index (Phi) is 7.41. The molecule has 1 aromatic rings. The fourth-order valence-electron chi connectivity index (χ4n) is 1.85. The fraction of sp³-hybridized carbons (Fsp3) is 0.500. The Morgan fingerprint density at radius 1 is 1.27 bits per heavy atom. The zero-order valence-corrected chi connectivity index (χ0v) is 14.1. The molecule has 0 saturated carbocycles. The standard InChI is InChI=1S/C16H24N2O3S/c1-12(13-7-5-4-6-8-13)18-15(20)14(19)17-11-16(2,21)9-10-22-3/h4-8,12,21H,9-11H2,1-3H3,(H,17,19)(H,18,20)/t12-,16-/m1/s1. The summed E-state index contributed by atoms with van der Waals surface area (Å²) >= 11 is 1.62. The number of thioether (sulfide) groups is 1. The van der Waals surface area contributed by atoms with Crippen LogP contribution < -0.4 is 10.6 Å². The van der Waals surface area contributed by atoms with E-state index < -0.39 is 17.4 Å². The molecule has 1 aromatic carbocycles. The maximum atomic E-state index is 11.8. The number of benzene rings is 1. The van der Waals surface area contributed by atoms with Crippen molar-refractivity contribution in [1.29, 1.82) is 0 Å². The molecule has 3 N–H and O–H groups in total. The first kappa shape index (κ1) is 18.5. The lowest BCUT2D eigenvalue weighted by Gasteiger charge is -2.23. The van der Waals surface area contributed by atoms with Crippen molar-refractivity contribution in [3.05, 3.63) is 35.9 Å². The van der Waals surface area contributed by atoms with Crippen LogP contribution in [0.15, 0.2) is 30.3 Å². The third-order valence-electron chi connectivity index (χ3n) is 3.33. The molecule has 0 fully saturated rings. The van der Waals surface area contributed by atoms with Gasteiger partial charge in [0.15, 0.2) is 0 Å². The molecule has 0 heterocycles. The molecule has 5 nitrogen and oxygen atoms in total. The van der Waals surface area contributed by atoms with Gasteiger partial charge < -0.3 is 15.7 Å². The van der Waals surface area contributed by atoms with Crippen LogP contribution in [0.5, 0.6) is 0 Å². The SMILES string of the molecule is CSCC[C@@](C)(O)CNC(=O)C(=O)N[C@H](C)c1ccccc1. The van der Waals surface area contributed by atoms with E-state index in [1.807, 2.05) is 43.5 Å². The van der Waals surface area contributed by atoms with Crippen LogP contribution in [-0.2, 0) is 9.59 Å². The molecule has 0 aliphatic heterocycles. The largest absolute Gasteiger partial charge is 0.388 e. The Morgan fingerprint density at radius 3 is 2.50 bits per heavy atom. The lowest BCUT2D eigenvalue weighted by Crippen LogP contribution is -2.47. The van der Waals surface area contributed by atoms with Gasteiger partial charge in [0.05, 0.1) is 11.6 Å². The molecule has 122 valence electrons. The summed E-state index contributed by atoms with van der Waals surface area (Å²) in [6.07, 6.45) is 2.50. The highest BCUT2D eigenvalue weighted by Crippen LogP contribution is 2.12. The minimum absolute atomic E-state index is 0.0551. The molecule has 1 rings (SSSR count). The van der Waals surface area contributed by atoms with Gasteiger partial charge in [-0.25, -0.2) is 0 Å². The minimum Gasteiger partial charge on any atom is -0.388 e. The number of aliphatic hydroxyl groups is 1. The first-order valence-corrected chi connectivity index (χ1v) is 8.60. The fourth-order valence-corrected chi connectivity index (χ4v) is 2.49. The summed E-state index contributed by atoms with van der Waals surface area (Å²) in [5, 5.41) is 15.2. The lowest BCUT2D eigenvalue weighted by atomic mass is 10.0. The summed E-state index contributed by atoms with van der Waals surface area (Å²) in [4.78, 5) is 23.6. The van der Waals surface area contributed by atoms with E-state index in [2.05, 4.69) is 10.6 Å². The van der Waals surface area contributed by atoms with Crippen LogP contribution in [0, 0.1) is 0 Å². The van der Waals surface area contributed by atoms with E-state index in [4.69, 9.17) is 0 Å². The van der Waals surface area contributed by atoms with E-state index in [1.54, 1.807) is 18.7 Å². The van der Waals surface area contributed by atoms with Gasteiger partial charge in [-0.2, -0.15) is 11.8 Å². The van der Waals surface area contributed by atoms with Crippen molar-refractivity contribution in [3.63, 3.8) is 0 Å². The first-order valence-electron chi connectivity index (χ1n) is 7.20. The van der Waals surface area contributed by atoms with Crippen LogP contribution in [-0.4, -0.2) is 41.1 Å². The summed E-state index contributed by atoms with van der Waals surface area (Å²) in [5.41, 5.74) is -0.0834. The Hall–Kier alpha value is -1.53. The summed E-state index contributed by atoms with van der Waals surface area (Å²) in [6, 6.07) is 9.16. The van der Waals surface area contributed by atoms with E-state index in [0.717, 1.165) is 11.3 Å². The van der Waals surface area contributed by atoms with Crippen molar-refractivity contribution in [2.24, 2.45) is 0 Å². The average molecular weight is 324 g/mol. The van der Waals surface area contributed by atoms with Crippen molar-refractivity contribution in [2.45, 2.75) is 31.9 Å². The number of hydrogen-bond donors (Lipinski definition) is 3. The number of carbonyl (C=O) groups is 2. The van der Waals surface area contributed by atoms with Gasteiger partial charge in [0.2, 0.25) is 0 Å². The highest BCUT2D eigenvalue weighted by molar-refractivity contribution is 7.98. The van der Waals surface area contributed by atoms with Crippen molar-refractivity contribution in [3.8, 4) is 0 Å². The Balaban J connectivity index is 2.44. The molecular weight excluding hydrogens is 300 g/mol. The molecule has 0 spiro atoms. The molecule has 2 atom stereocenters. The maximum Gasteiger partial charge on any atom is 0.309 e. The highest BCUT2D eigenvalue weighted by Gasteiger charge is 2.23. The van der Waals surface area contributed by atoms with E-state index in [1.165, 1.54) is 0 Å². The van der Waals surface area contributed by atoms with Gasteiger partial charge in [0.1, 0.15) is 0 Å². The van der Waals surface area contributed by atoms with E-state index in [-0.39, 0.29) is 12.6 Å². The lowest BCUT2D eigenvalue weighted by molar-refractivity contribution is -0.140. The van der Waals surface area contributed by atoms with Crippen LogP contribution in [0.1, 0.15) is 31.9 Å². The summed E-state index contributed by atoms with van der Waals surface area (Å²) in [7, 11) is 0. The zero-order valence-electron chi connectivity index (χ0n) is 13.3. The smallest absolute Gasteiger partial charge is 0.309 e. The van der Waals surface area contributed by atoms with Crippen LogP contribution >= 0.6 is 11.8 Å². The van der Waals surface area contributed by atoms with Crippen LogP contribution in [0.3, 0.4) is 0 Å². The molecule has 0 radical (unpaired) electrons. The molecule has 2 amide bonds. The van der Waals surface area contributed by atoms with Crippen molar-refractivity contribution in [1.82, 2.24) is 10.6 Å². The molecule has 22 heavy (non-hydrogen) atoms. The summed E-state index contributed by atoms with van der Waals surface area (Å²) < 4.78 is 0. The Labute approximate surface area is 135 Å². The number of amides is 2. The van der Waals surface area contributed by atoms with Gasteiger partial charge >= 0.3 is 11.8 Å². The van der Waals surface area contributed by atoms with Gasteiger partial charge in [0, 0.05) is 6.54 Å². The quantitative estimate of drug-likeness (QED) is 0.664. The van der Waals surface area contributed by atoms with Crippen molar-refractivity contribution in [2.75, 3.05) is 18.6 Å². The molecule has 0 aromatic heterocycles. The zero-order chi connectivity index (χ0) is 16.6. The third-order valence-corrected chi connectivity index (χ3v) is 3.94. The topological polar surface area (TPSA) is 78.4 Å². The van der Waals surface area contributed by atoms with Gasteiger partial charge in [-0.05, 0) is 37.8 Å². The molecule has 0 aliphatic carbocycles. The number of carbonyl (C=O) groups excluding carboxylic acids is 2. The highest BCUT2D eigenvalue weighted by atomic mass is 32.2. The number of hydrogen-bond acceptors (Lipinski definition) is 4. The minimum atomic E-state index is -1.01. The second-order valence-electron chi connectivity index (χ2n) is 5.53. The van der Waals surface area contributed by atoms with E-state index in [0.29, 0.717) is 6.42 Å². The second-order valence-corrected chi connectivity index (χ2v) is 6.51. The molecule has 0 aliphatic rings. The Morgan fingerprint density at radius 2 is 1.91 bits per heavy atom. The first-order chi connectivity index (χ1) is 10.4. The molecule has 0 saturated heterocycles. The van der Waals surface area contributed by atoms with Crippen LogP contribution in [0.2, 0.25) is 0 Å².